The zero-order chi connectivity index (χ0) is 10.8. The van der Waals surface area contributed by atoms with Crippen molar-refractivity contribution in [1.29, 1.82) is 0 Å². The van der Waals surface area contributed by atoms with Crippen LogP contribution in [0.2, 0.25) is 0 Å². The zero-order valence-corrected chi connectivity index (χ0v) is 9.48. The van der Waals surface area contributed by atoms with Crippen molar-refractivity contribution in [3.05, 3.63) is 0 Å². The van der Waals surface area contributed by atoms with Gasteiger partial charge in [0, 0.05) is 13.5 Å². The summed E-state index contributed by atoms with van der Waals surface area (Å²) in [6, 6.07) is 0.0741. The van der Waals surface area contributed by atoms with E-state index in [0.29, 0.717) is 12.3 Å². The van der Waals surface area contributed by atoms with Gasteiger partial charge in [0.15, 0.2) is 0 Å². The summed E-state index contributed by atoms with van der Waals surface area (Å²) in [7, 11) is 1.85. The minimum absolute atomic E-state index is 0.0741. The molecule has 1 N–H and O–H groups in total. The van der Waals surface area contributed by atoms with Crippen molar-refractivity contribution >= 4 is 5.91 Å². The van der Waals surface area contributed by atoms with Crippen LogP contribution in [0.25, 0.3) is 0 Å². The molecule has 3 nitrogen and oxygen atoms in total. The van der Waals surface area contributed by atoms with Crippen LogP contribution in [0, 0.1) is 5.92 Å². The van der Waals surface area contributed by atoms with Crippen LogP contribution < -0.4 is 0 Å². The number of likely N-dealkylation sites (N-methyl/N-ethyl adjacent to an activating group) is 1. The van der Waals surface area contributed by atoms with E-state index < -0.39 is 0 Å². The van der Waals surface area contributed by atoms with E-state index in [9.17, 15) is 9.90 Å². The summed E-state index contributed by atoms with van der Waals surface area (Å²) in [6.45, 7) is 0. The Morgan fingerprint density at radius 1 is 1.27 bits per heavy atom. The third-order valence-corrected chi connectivity index (χ3v) is 3.75. The molecule has 0 radical (unpaired) electrons. The summed E-state index contributed by atoms with van der Waals surface area (Å²) < 4.78 is 0. The van der Waals surface area contributed by atoms with Crippen LogP contribution in [0.5, 0.6) is 0 Å². The van der Waals surface area contributed by atoms with E-state index in [1.165, 1.54) is 12.8 Å². The van der Waals surface area contributed by atoms with Crippen molar-refractivity contribution in [3.8, 4) is 0 Å². The Bertz CT molecular complexity index is 238. The molecule has 2 rings (SSSR count). The lowest BCUT2D eigenvalue weighted by molar-refractivity contribution is -0.135. The number of carbonyl (C=O) groups excluding carboxylic acids is 1. The lowest BCUT2D eigenvalue weighted by Crippen LogP contribution is -2.46. The van der Waals surface area contributed by atoms with Gasteiger partial charge < -0.3 is 10.0 Å². The van der Waals surface area contributed by atoms with E-state index >= 15 is 0 Å². The fraction of sp³-hybridized carbons (Fsp3) is 0.917. The van der Waals surface area contributed by atoms with Crippen LogP contribution >= 0.6 is 0 Å². The van der Waals surface area contributed by atoms with Gasteiger partial charge in [0.25, 0.3) is 0 Å². The largest absolute Gasteiger partial charge is 0.391 e. The Morgan fingerprint density at radius 2 is 1.93 bits per heavy atom. The maximum absolute atomic E-state index is 11.9. The minimum atomic E-state index is -0.299. The lowest BCUT2D eigenvalue weighted by Gasteiger charge is -2.35. The van der Waals surface area contributed by atoms with Gasteiger partial charge >= 0.3 is 0 Å². The molecule has 0 aromatic carbocycles. The van der Waals surface area contributed by atoms with Gasteiger partial charge in [-0.05, 0) is 31.6 Å². The van der Waals surface area contributed by atoms with Gasteiger partial charge in [-0.3, -0.25) is 4.79 Å². The third-order valence-electron chi connectivity index (χ3n) is 3.75. The molecule has 15 heavy (non-hydrogen) atoms. The number of rotatable bonds is 3. The van der Waals surface area contributed by atoms with E-state index in [-0.39, 0.29) is 18.1 Å². The first-order chi connectivity index (χ1) is 7.18. The third kappa shape index (κ3) is 2.71. The highest BCUT2D eigenvalue weighted by Gasteiger charge is 2.32. The van der Waals surface area contributed by atoms with E-state index in [1.807, 2.05) is 7.05 Å². The standard InChI is InChI=1S/C12H21NO2/c1-13(12(15)8-9-6-7-9)10-4-2-3-5-11(10)14/h9-11,14H,2-8H2,1H3. The van der Waals surface area contributed by atoms with Crippen LogP contribution in [0.15, 0.2) is 0 Å². The molecular formula is C12H21NO2. The van der Waals surface area contributed by atoms with Crippen molar-refractivity contribution in [2.75, 3.05) is 7.05 Å². The van der Waals surface area contributed by atoms with Gasteiger partial charge in [0.05, 0.1) is 12.1 Å². The van der Waals surface area contributed by atoms with E-state index in [1.54, 1.807) is 4.90 Å². The summed E-state index contributed by atoms with van der Waals surface area (Å²) in [5.41, 5.74) is 0. The molecule has 2 fully saturated rings. The number of aliphatic hydroxyl groups is 1. The Kier molecular flexibility index (Phi) is 3.29. The molecule has 3 heteroatoms. The van der Waals surface area contributed by atoms with Crippen LogP contribution in [-0.4, -0.2) is 35.1 Å². The molecular weight excluding hydrogens is 190 g/mol. The van der Waals surface area contributed by atoms with Crippen molar-refractivity contribution in [3.63, 3.8) is 0 Å². The number of hydrogen-bond acceptors (Lipinski definition) is 2. The molecule has 2 aliphatic carbocycles. The Balaban J connectivity index is 1.86. The van der Waals surface area contributed by atoms with Crippen LogP contribution in [0.3, 0.4) is 0 Å². The second-order valence-corrected chi connectivity index (χ2v) is 5.07. The molecule has 2 unspecified atom stereocenters. The van der Waals surface area contributed by atoms with Gasteiger partial charge in [0.2, 0.25) is 5.91 Å². The second-order valence-electron chi connectivity index (χ2n) is 5.07. The lowest BCUT2D eigenvalue weighted by atomic mass is 9.91. The van der Waals surface area contributed by atoms with Crippen molar-refractivity contribution < 1.29 is 9.90 Å². The Morgan fingerprint density at radius 3 is 2.53 bits per heavy atom. The first kappa shape index (κ1) is 10.9. The molecule has 0 aromatic heterocycles. The highest BCUT2D eigenvalue weighted by Crippen LogP contribution is 2.33. The summed E-state index contributed by atoms with van der Waals surface area (Å²) in [6.07, 6.45) is 6.89. The van der Waals surface area contributed by atoms with Crippen molar-refractivity contribution in [1.82, 2.24) is 4.90 Å². The van der Waals surface area contributed by atoms with Crippen LogP contribution in [-0.2, 0) is 4.79 Å². The molecule has 0 aliphatic heterocycles. The maximum Gasteiger partial charge on any atom is 0.222 e. The summed E-state index contributed by atoms with van der Waals surface area (Å²) in [5, 5.41) is 9.84. The molecule has 86 valence electrons. The molecule has 2 saturated carbocycles. The minimum Gasteiger partial charge on any atom is -0.391 e. The topological polar surface area (TPSA) is 40.5 Å². The van der Waals surface area contributed by atoms with Gasteiger partial charge in [0.1, 0.15) is 0 Å². The SMILES string of the molecule is CN(C(=O)CC1CC1)C1CCCCC1O. The quantitative estimate of drug-likeness (QED) is 0.769. The Hall–Kier alpha value is -0.570. The van der Waals surface area contributed by atoms with Crippen LogP contribution in [0.4, 0.5) is 0 Å². The highest BCUT2D eigenvalue weighted by molar-refractivity contribution is 5.76. The van der Waals surface area contributed by atoms with Crippen molar-refractivity contribution in [2.45, 2.75) is 57.1 Å². The maximum atomic E-state index is 11.9. The smallest absolute Gasteiger partial charge is 0.222 e. The van der Waals surface area contributed by atoms with Crippen molar-refractivity contribution in [2.24, 2.45) is 5.92 Å². The predicted molar refractivity (Wildman–Crippen MR) is 58.4 cm³/mol. The van der Waals surface area contributed by atoms with Gasteiger partial charge in [-0.15, -0.1) is 0 Å². The van der Waals surface area contributed by atoms with E-state index in [2.05, 4.69) is 0 Å². The first-order valence-electron chi connectivity index (χ1n) is 6.12. The molecule has 0 spiro atoms. The molecule has 0 heterocycles. The zero-order valence-electron chi connectivity index (χ0n) is 9.48. The predicted octanol–water partition coefficient (Wildman–Crippen LogP) is 1.55. The average molecular weight is 211 g/mol. The second kappa shape index (κ2) is 4.52. The fourth-order valence-corrected chi connectivity index (χ4v) is 2.44. The summed E-state index contributed by atoms with van der Waals surface area (Å²) >= 11 is 0. The molecule has 0 saturated heterocycles. The molecule has 2 atom stereocenters. The normalized spacial score (nSPS) is 31.3. The van der Waals surface area contributed by atoms with E-state index in [4.69, 9.17) is 0 Å². The molecule has 1 amide bonds. The number of nitrogens with zero attached hydrogens (tertiary/aromatic N) is 1. The number of hydrogen-bond donors (Lipinski definition) is 1. The molecule has 0 bridgehead atoms. The number of amides is 1. The number of carbonyl (C=O) groups is 1. The van der Waals surface area contributed by atoms with Crippen LogP contribution in [0.1, 0.15) is 44.9 Å². The summed E-state index contributed by atoms with van der Waals surface area (Å²) in [4.78, 5) is 13.6. The average Bonchev–Trinajstić information content (AvgIpc) is 3.01. The summed E-state index contributed by atoms with van der Waals surface area (Å²) in [5.74, 6) is 0.865. The fourth-order valence-electron chi connectivity index (χ4n) is 2.44. The Labute approximate surface area is 91.5 Å². The monoisotopic (exact) mass is 211 g/mol. The molecule has 0 aromatic rings. The number of aliphatic hydroxyl groups excluding tert-OH is 1. The van der Waals surface area contributed by atoms with Gasteiger partial charge in [-0.25, -0.2) is 0 Å². The highest BCUT2D eigenvalue weighted by atomic mass is 16.3. The van der Waals surface area contributed by atoms with Gasteiger partial charge in [-0.2, -0.15) is 0 Å². The van der Waals surface area contributed by atoms with E-state index in [0.717, 1.165) is 25.7 Å². The first-order valence-corrected chi connectivity index (χ1v) is 6.12. The molecule has 2 aliphatic rings. The van der Waals surface area contributed by atoms with Gasteiger partial charge in [-0.1, -0.05) is 12.8 Å².